The third-order valence-electron chi connectivity index (χ3n) is 4.53. The van der Waals surface area contributed by atoms with Crippen LogP contribution in [-0.2, 0) is 11.2 Å². The molecule has 0 atom stereocenters. The molecule has 0 aliphatic carbocycles. The zero-order valence-electron chi connectivity index (χ0n) is 16.5. The molecule has 4 aromatic rings. The molecular weight excluding hydrogens is 394 g/mol. The van der Waals surface area contributed by atoms with Crippen molar-refractivity contribution in [3.63, 3.8) is 0 Å². The number of aryl methyl sites for hydroxylation is 1. The van der Waals surface area contributed by atoms with E-state index < -0.39 is 0 Å². The molecule has 0 unspecified atom stereocenters. The summed E-state index contributed by atoms with van der Waals surface area (Å²) in [6, 6.07) is 25.9. The Morgan fingerprint density at radius 1 is 0.967 bits per heavy atom. The number of hydrogen-bond donors (Lipinski definition) is 1. The summed E-state index contributed by atoms with van der Waals surface area (Å²) < 4.78 is 5.69. The Balaban J connectivity index is 1.37. The fraction of sp³-hybridized carbons (Fsp3) is 0.125. The van der Waals surface area contributed by atoms with Crippen molar-refractivity contribution >= 4 is 23.4 Å². The molecule has 150 valence electrons. The van der Waals surface area contributed by atoms with Crippen molar-refractivity contribution in [2.75, 3.05) is 11.1 Å². The minimum atomic E-state index is -0.115. The summed E-state index contributed by atoms with van der Waals surface area (Å²) in [6.45, 7) is 2.01. The van der Waals surface area contributed by atoms with E-state index in [4.69, 9.17) is 4.42 Å². The molecule has 30 heavy (non-hydrogen) atoms. The average molecular weight is 416 g/mol. The van der Waals surface area contributed by atoms with Crippen molar-refractivity contribution < 1.29 is 9.21 Å². The first-order valence-corrected chi connectivity index (χ1v) is 10.6. The Hall–Kier alpha value is -3.38. The number of benzene rings is 3. The molecule has 1 aromatic heterocycles. The molecule has 1 amide bonds. The van der Waals surface area contributed by atoms with Gasteiger partial charge in [-0.1, -0.05) is 78.0 Å². The highest BCUT2D eigenvalue weighted by molar-refractivity contribution is 7.99. The van der Waals surface area contributed by atoms with Gasteiger partial charge in [-0.25, -0.2) is 0 Å². The number of aromatic nitrogens is 2. The third kappa shape index (κ3) is 5.15. The van der Waals surface area contributed by atoms with E-state index in [9.17, 15) is 4.79 Å². The van der Waals surface area contributed by atoms with Crippen LogP contribution >= 0.6 is 11.8 Å². The van der Waals surface area contributed by atoms with Crippen LogP contribution in [0.25, 0.3) is 11.5 Å². The van der Waals surface area contributed by atoms with Crippen molar-refractivity contribution in [2.45, 2.75) is 18.6 Å². The van der Waals surface area contributed by atoms with Crippen LogP contribution in [0.2, 0.25) is 0 Å². The van der Waals surface area contributed by atoms with Gasteiger partial charge in [0.15, 0.2) is 0 Å². The second-order valence-corrected chi connectivity index (χ2v) is 7.83. The van der Waals surface area contributed by atoms with Crippen molar-refractivity contribution in [2.24, 2.45) is 0 Å². The van der Waals surface area contributed by atoms with Gasteiger partial charge in [-0.2, -0.15) is 0 Å². The lowest BCUT2D eigenvalue weighted by molar-refractivity contribution is -0.113. The van der Waals surface area contributed by atoms with Crippen LogP contribution < -0.4 is 5.32 Å². The van der Waals surface area contributed by atoms with Gasteiger partial charge >= 0.3 is 0 Å². The number of para-hydroxylation sites is 1. The Bertz CT molecular complexity index is 1140. The fourth-order valence-corrected chi connectivity index (χ4v) is 3.65. The van der Waals surface area contributed by atoms with Gasteiger partial charge in [0.25, 0.3) is 5.22 Å². The van der Waals surface area contributed by atoms with Gasteiger partial charge < -0.3 is 9.73 Å². The molecule has 1 heterocycles. The summed E-state index contributed by atoms with van der Waals surface area (Å²) in [4.78, 5) is 12.5. The second kappa shape index (κ2) is 9.41. The van der Waals surface area contributed by atoms with E-state index in [2.05, 4.69) is 27.6 Å². The second-order valence-electron chi connectivity index (χ2n) is 6.90. The van der Waals surface area contributed by atoms with E-state index in [1.165, 1.54) is 17.3 Å². The van der Waals surface area contributed by atoms with Crippen LogP contribution in [0.1, 0.15) is 16.7 Å². The Morgan fingerprint density at radius 2 is 1.77 bits per heavy atom. The van der Waals surface area contributed by atoms with Gasteiger partial charge in [-0.05, 0) is 42.7 Å². The normalized spacial score (nSPS) is 10.7. The summed E-state index contributed by atoms with van der Waals surface area (Å²) >= 11 is 1.22. The quantitative estimate of drug-likeness (QED) is 0.411. The van der Waals surface area contributed by atoms with Crippen LogP contribution in [0.3, 0.4) is 0 Å². The highest BCUT2D eigenvalue weighted by Gasteiger charge is 2.12. The summed E-state index contributed by atoms with van der Waals surface area (Å²) in [5.41, 5.74) is 5.07. The van der Waals surface area contributed by atoms with Gasteiger partial charge in [0.05, 0.1) is 5.75 Å². The molecule has 0 saturated heterocycles. The molecule has 0 spiro atoms. The zero-order valence-corrected chi connectivity index (χ0v) is 17.4. The lowest BCUT2D eigenvalue weighted by atomic mass is 10.0. The highest BCUT2D eigenvalue weighted by Crippen LogP contribution is 2.24. The van der Waals surface area contributed by atoms with Gasteiger partial charge in [-0.15, -0.1) is 10.2 Å². The van der Waals surface area contributed by atoms with E-state index >= 15 is 0 Å². The van der Waals surface area contributed by atoms with E-state index in [1.54, 1.807) is 0 Å². The van der Waals surface area contributed by atoms with Crippen LogP contribution in [0, 0.1) is 6.92 Å². The summed E-state index contributed by atoms with van der Waals surface area (Å²) in [5, 5.41) is 11.5. The van der Waals surface area contributed by atoms with Crippen molar-refractivity contribution in [3.05, 3.63) is 95.6 Å². The van der Waals surface area contributed by atoms with E-state index in [1.807, 2.05) is 73.7 Å². The molecule has 4 rings (SSSR count). The van der Waals surface area contributed by atoms with Gasteiger partial charge in [0, 0.05) is 11.3 Å². The summed E-state index contributed by atoms with van der Waals surface area (Å²) in [5.74, 6) is 0.528. The topological polar surface area (TPSA) is 68.0 Å². The SMILES string of the molecule is Cc1cccc(-c2nnc(SCC(=O)Nc3ccccc3Cc3ccccc3)o2)c1. The molecule has 0 fully saturated rings. The molecule has 5 nitrogen and oxygen atoms in total. The van der Waals surface area contributed by atoms with Gasteiger partial charge in [0.1, 0.15) is 0 Å². The molecular formula is C24H21N3O2S. The minimum Gasteiger partial charge on any atom is -0.411 e. The first kappa shape index (κ1) is 19.9. The molecule has 0 radical (unpaired) electrons. The van der Waals surface area contributed by atoms with Crippen molar-refractivity contribution in [3.8, 4) is 11.5 Å². The summed E-state index contributed by atoms with van der Waals surface area (Å²) in [6.07, 6.45) is 0.758. The van der Waals surface area contributed by atoms with Crippen LogP contribution in [-0.4, -0.2) is 21.9 Å². The zero-order chi connectivity index (χ0) is 20.8. The van der Waals surface area contributed by atoms with E-state index in [-0.39, 0.29) is 11.7 Å². The predicted octanol–water partition coefficient (Wildman–Crippen LogP) is 5.37. The van der Waals surface area contributed by atoms with Crippen LogP contribution in [0.4, 0.5) is 5.69 Å². The number of amides is 1. The Labute approximate surface area is 179 Å². The standard InChI is InChI=1S/C24H21N3O2S/c1-17-8-7-12-20(14-17)23-26-27-24(29-23)30-16-22(28)25-21-13-6-5-11-19(21)15-18-9-3-2-4-10-18/h2-14H,15-16H2,1H3,(H,25,28). The number of rotatable bonds is 7. The number of thioether (sulfide) groups is 1. The number of carbonyl (C=O) groups excluding carboxylic acids is 1. The smallest absolute Gasteiger partial charge is 0.277 e. The molecule has 0 bridgehead atoms. The van der Waals surface area contributed by atoms with Gasteiger partial charge in [0.2, 0.25) is 11.8 Å². The molecule has 6 heteroatoms. The maximum Gasteiger partial charge on any atom is 0.277 e. The fourth-order valence-electron chi connectivity index (χ4n) is 3.09. The van der Waals surface area contributed by atoms with E-state index in [0.29, 0.717) is 11.1 Å². The van der Waals surface area contributed by atoms with Crippen LogP contribution in [0.5, 0.6) is 0 Å². The average Bonchev–Trinajstić information content (AvgIpc) is 3.24. The molecule has 0 aliphatic heterocycles. The summed E-state index contributed by atoms with van der Waals surface area (Å²) in [7, 11) is 0. The Morgan fingerprint density at radius 3 is 2.60 bits per heavy atom. The van der Waals surface area contributed by atoms with E-state index in [0.717, 1.165) is 28.8 Å². The third-order valence-corrected chi connectivity index (χ3v) is 5.35. The molecule has 0 saturated carbocycles. The predicted molar refractivity (Wildman–Crippen MR) is 120 cm³/mol. The largest absolute Gasteiger partial charge is 0.411 e. The lowest BCUT2D eigenvalue weighted by Crippen LogP contribution is -2.15. The minimum absolute atomic E-state index is 0.115. The first-order chi connectivity index (χ1) is 14.7. The maximum atomic E-state index is 12.5. The highest BCUT2D eigenvalue weighted by atomic mass is 32.2. The monoisotopic (exact) mass is 415 g/mol. The lowest BCUT2D eigenvalue weighted by Gasteiger charge is -2.11. The first-order valence-electron chi connectivity index (χ1n) is 9.62. The van der Waals surface area contributed by atoms with Crippen molar-refractivity contribution in [1.29, 1.82) is 0 Å². The Kier molecular flexibility index (Phi) is 6.25. The number of anilines is 1. The molecule has 3 aromatic carbocycles. The number of nitrogens with one attached hydrogen (secondary N) is 1. The number of hydrogen-bond acceptors (Lipinski definition) is 5. The number of nitrogens with zero attached hydrogens (tertiary/aromatic N) is 2. The maximum absolute atomic E-state index is 12.5. The van der Waals surface area contributed by atoms with Gasteiger partial charge in [-0.3, -0.25) is 4.79 Å². The molecule has 0 aliphatic rings. The van der Waals surface area contributed by atoms with Crippen LogP contribution in [0.15, 0.2) is 88.5 Å². The number of carbonyl (C=O) groups is 1. The molecule has 1 N–H and O–H groups in total. The van der Waals surface area contributed by atoms with Crippen molar-refractivity contribution in [1.82, 2.24) is 10.2 Å².